The number of rotatable bonds is 6. The van der Waals surface area contributed by atoms with E-state index in [2.05, 4.69) is 21.2 Å². The van der Waals surface area contributed by atoms with E-state index in [1.54, 1.807) is 0 Å². The number of hydrogen-bond donors (Lipinski definition) is 2. The maximum atomic E-state index is 11.6. The Morgan fingerprint density at radius 1 is 1.57 bits per heavy atom. The van der Waals surface area contributed by atoms with Gasteiger partial charge < -0.3 is 10.4 Å². The molecule has 84 valence electrons. The lowest BCUT2D eigenvalue weighted by Gasteiger charge is -2.29. The van der Waals surface area contributed by atoms with Gasteiger partial charge in [-0.15, -0.1) is 0 Å². The summed E-state index contributed by atoms with van der Waals surface area (Å²) in [7, 11) is 0. The van der Waals surface area contributed by atoms with Gasteiger partial charge in [0.1, 0.15) is 0 Å². The number of carbonyl (C=O) groups is 1. The first-order chi connectivity index (χ1) is 6.49. The number of aliphatic hydroxyl groups excluding tert-OH is 1. The van der Waals surface area contributed by atoms with Crippen LogP contribution in [-0.2, 0) is 4.79 Å². The predicted molar refractivity (Wildman–Crippen MR) is 61.5 cm³/mol. The molecule has 0 heterocycles. The number of hydrogen-bond acceptors (Lipinski definition) is 2. The number of halogens is 1. The van der Waals surface area contributed by atoms with Gasteiger partial charge in [-0.1, -0.05) is 29.8 Å². The zero-order chi connectivity index (χ0) is 11.2. The lowest BCUT2D eigenvalue weighted by Crippen LogP contribution is -2.48. The number of amides is 1. The average Bonchev–Trinajstić information content (AvgIpc) is 2.16. The number of alkyl halides is 1. The monoisotopic (exact) mass is 265 g/mol. The lowest BCUT2D eigenvalue weighted by molar-refractivity contribution is -0.122. The molecule has 0 rings (SSSR count). The Kier molecular flexibility index (Phi) is 6.36. The minimum atomic E-state index is -0.285. The second-order valence-corrected chi connectivity index (χ2v) is 4.86. The van der Waals surface area contributed by atoms with Gasteiger partial charge in [-0.25, -0.2) is 0 Å². The standard InChI is InChI=1S/C10H20BrNO2/c1-4-8(11)9(14)12-10(3,5-2)6-7-13/h8,13H,4-7H2,1-3H3,(H,12,14). The van der Waals surface area contributed by atoms with Crippen molar-refractivity contribution in [3.8, 4) is 0 Å². The Balaban J connectivity index is 4.23. The molecular weight excluding hydrogens is 246 g/mol. The van der Waals surface area contributed by atoms with Crippen LogP contribution in [0, 0.1) is 0 Å². The van der Waals surface area contributed by atoms with E-state index in [4.69, 9.17) is 5.11 Å². The smallest absolute Gasteiger partial charge is 0.234 e. The van der Waals surface area contributed by atoms with Crippen molar-refractivity contribution in [3.05, 3.63) is 0 Å². The zero-order valence-electron chi connectivity index (χ0n) is 9.14. The molecule has 14 heavy (non-hydrogen) atoms. The van der Waals surface area contributed by atoms with Gasteiger partial charge >= 0.3 is 0 Å². The van der Waals surface area contributed by atoms with Crippen LogP contribution in [0.5, 0.6) is 0 Å². The van der Waals surface area contributed by atoms with E-state index in [-0.39, 0.29) is 22.9 Å². The molecule has 0 aliphatic carbocycles. The van der Waals surface area contributed by atoms with E-state index in [1.807, 2.05) is 20.8 Å². The van der Waals surface area contributed by atoms with Gasteiger partial charge in [0.05, 0.1) is 4.83 Å². The Morgan fingerprint density at radius 2 is 2.14 bits per heavy atom. The lowest BCUT2D eigenvalue weighted by atomic mass is 9.94. The number of nitrogens with one attached hydrogen (secondary N) is 1. The molecule has 0 aliphatic rings. The Labute approximate surface area is 94.4 Å². The summed E-state index contributed by atoms with van der Waals surface area (Å²) in [4.78, 5) is 11.5. The fourth-order valence-electron chi connectivity index (χ4n) is 1.14. The largest absolute Gasteiger partial charge is 0.396 e. The zero-order valence-corrected chi connectivity index (χ0v) is 10.7. The second kappa shape index (κ2) is 6.40. The SMILES string of the molecule is CCC(Br)C(=O)NC(C)(CC)CCO. The maximum absolute atomic E-state index is 11.6. The molecule has 3 nitrogen and oxygen atoms in total. The topological polar surface area (TPSA) is 49.3 Å². The van der Waals surface area contributed by atoms with Crippen LogP contribution >= 0.6 is 15.9 Å². The fourth-order valence-corrected chi connectivity index (χ4v) is 1.25. The van der Waals surface area contributed by atoms with Gasteiger partial charge in [-0.2, -0.15) is 0 Å². The first-order valence-corrected chi connectivity index (χ1v) is 5.97. The van der Waals surface area contributed by atoms with Crippen LogP contribution < -0.4 is 5.32 Å². The average molecular weight is 266 g/mol. The molecule has 0 aromatic carbocycles. The third kappa shape index (κ3) is 4.42. The Hall–Kier alpha value is -0.0900. The van der Waals surface area contributed by atoms with Crippen LogP contribution in [-0.4, -0.2) is 28.0 Å². The fraction of sp³-hybridized carbons (Fsp3) is 0.900. The van der Waals surface area contributed by atoms with Gasteiger partial charge in [0.15, 0.2) is 0 Å². The highest BCUT2D eigenvalue weighted by Crippen LogP contribution is 2.15. The molecule has 0 bridgehead atoms. The maximum Gasteiger partial charge on any atom is 0.234 e. The summed E-state index contributed by atoms with van der Waals surface area (Å²) in [5.41, 5.74) is -0.285. The van der Waals surface area contributed by atoms with Crippen LogP contribution in [0.15, 0.2) is 0 Å². The molecule has 2 unspecified atom stereocenters. The van der Waals surface area contributed by atoms with Crippen molar-refractivity contribution in [2.45, 2.75) is 50.4 Å². The quantitative estimate of drug-likeness (QED) is 0.720. The molecule has 4 heteroatoms. The van der Waals surface area contributed by atoms with Gasteiger partial charge in [0, 0.05) is 12.1 Å². The van der Waals surface area contributed by atoms with E-state index in [0.29, 0.717) is 6.42 Å². The second-order valence-electron chi connectivity index (χ2n) is 3.75. The van der Waals surface area contributed by atoms with Crippen molar-refractivity contribution < 1.29 is 9.90 Å². The van der Waals surface area contributed by atoms with Crippen LogP contribution in [0.3, 0.4) is 0 Å². The summed E-state index contributed by atoms with van der Waals surface area (Å²) in [6, 6.07) is 0. The Bertz CT molecular complexity index is 187. The molecule has 0 saturated carbocycles. The number of carbonyl (C=O) groups excluding carboxylic acids is 1. The molecule has 0 fully saturated rings. The van der Waals surface area contributed by atoms with Crippen LogP contribution in [0.2, 0.25) is 0 Å². The summed E-state index contributed by atoms with van der Waals surface area (Å²) in [5, 5.41) is 11.8. The molecule has 0 aromatic heterocycles. The highest BCUT2D eigenvalue weighted by Gasteiger charge is 2.25. The van der Waals surface area contributed by atoms with E-state index in [0.717, 1.165) is 12.8 Å². The van der Waals surface area contributed by atoms with Crippen molar-refractivity contribution in [1.29, 1.82) is 0 Å². The molecule has 0 aliphatic heterocycles. The van der Waals surface area contributed by atoms with E-state index >= 15 is 0 Å². The summed E-state index contributed by atoms with van der Waals surface area (Å²) < 4.78 is 0. The molecule has 0 spiro atoms. The summed E-state index contributed by atoms with van der Waals surface area (Å²) >= 11 is 3.30. The van der Waals surface area contributed by atoms with Crippen molar-refractivity contribution in [2.75, 3.05) is 6.61 Å². The molecule has 2 N–H and O–H groups in total. The summed E-state index contributed by atoms with van der Waals surface area (Å²) in [5.74, 6) is 0.00491. The Morgan fingerprint density at radius 3 is 2.50 bits per heavy atom. The molecule has 0 radical (unpaired) electrons. The van der Waals surface area contributed by atoms with Crippen LogP contribution in [0.25, 0.3) is 0 Å². The molecule has 2 atom stereocenters. The first kappa shape index (κ1) is 13.9. The van der Waals surface area contributed by atoms with E-state index < -0.39 is 0 Å². The molecule has 0 saturated heterocycles. The van der Waals surface area contributed by atoms with Gasteiger partial charge in [-0.3, -0.25) is 4.79 Å². The van der Waals surface area contributed by atoms with Gasteiger partial charge in [0.2, 0.25) is 5.91 Å². The summed E-state index contributed by atoms with van der Waals surface area (Å²) in [6.07, 6.45) is 2.19. The van der Waals surface area contributed by atoms with Crippen molar-refractivity contribution in [2.24, 2.45) is 0 Å². The van der Waals surface area contributed by atoms with Crippen molar-refractivity contribution >= 4 is 21.8 Å². The predicted octanol–water partition coefficient (Wildman–Crippen LogP) is 1.83. The van der Waals surface area contributed by atoms with Crippen LogP contribution in [0.4, 0.5) is 0 Å². The normalized spacial score (nSPS) is 17.2. The third-order valence-electron chi connectivity index (χ3n) is 2.51. The summed E-state index contributed by atoms with van der Waals surface area (Å²) in [6.45, 7) is 6.01. The van der Waals surface area contributed by atoms with Crippen molar-refractivity contribution in [3.63, 3.8) is 0 Å². The minimum absolute atomic E-state index is 0.00491. The molecule has 0 aromatic rings. The van der Waals surface area contributed by atoms with Crippen LogP contribution in [0.1, 0.15) is 40.0 Å². The number of aliphatic hydroxyl groups is 1. The van der Waals surface area contributed by atoms with E-state index in [1.165, 1.54) is 0 Å². The van der Waals surface area contributed by atoms with E-state index in [9.17, 15) is 4.79 Å². The van der Waals surface area contributed by atoms with Gasteiger partial charge in [-0.05, 0) is 26.2 Å². The molecular formula is C10H20BrNO2. The molecule has 1 amide bonds. The highest BCUT2D eigenvalue weighted by atomic mass is 79.9. The third-order valence-corrected chi connectivity index (χ3v) is 3.58. The van der Waals surface area contributed by atoms with Crippen molar-refractivity contribution in [1.82, 2.24) is 5.32 Å². The minimum Gasteiger partial charge on any atom is -0.396 e. The first-order valence-electron chi connectivity index (χ1n) is 5.06. The highest BCUT2D eigenvalue weighted by molar-refractivity contribution is 9.10. The van der Waals surface area contributed by atoms with Gasteiger partial charge in [0.25, 0.3) is 0 Å².